The summed E-state index contributed by atoms with van der Waals surface area (Å²) in [5, 5.41) is 1.12. The number of hydrogen-bond acceptors (Lipinski definition) is 7. The number of aryl methyl sites for hydroxylation is 1. The van der Waals surface area contributed by atoms with Crippen LogP contribution < -0.4 is 4.74 Å². The van der Waals surface area contributed by atoms with Crippen LogP contribution in [-0.2, 0) is 43.4 Å². The molecule has 9 heteroatoms. The number of carbonyl (C=O) groups excluding carboxylic acids is 3. The zero-order valence-electron chi connectivity index (χ0n) is 23.0. The van der Waals surface area contributed by atoms with E-state index in [9.17, 15) is 14.4 Å². The second-order valence-electron chi connectivity index (χ2n) is 10.1. The average molecular weight is 546 g/mol. The maximum atomic E-state index is 13.5. The lowest BCUT2D eigenvalue weighted by atomic mass is 9.96. The Morgan fingerprint density at radius 1 is 1.02 bits per heavy atom. The van der Waals surface area contributed by atoms with Gasteiger partial charge in [-0.1, -0.05) is 30.3 Å². The molecule has 1 saturated heterocycles. The third-order valence-electron chi connectivity index (χ3n) is 7.56. The van der Waals surface area contributed by atoms with Gasteiger partial charge >= 0.3 is 11.9 Å². The molecular formula is C31H35N3O6. The van der Waals surface area contributed by atoms with Crippen LogP contribution in [0.4, 0.5) is 0 Å². The Morgan fingerprint density at radius 2 is 1.77 bits per heavy atom. The average Bonchev–Trinajstić information content (AvgIpc) is 3.28. The molecule has 0 unspecified atom stereocenters. The van der Waals surface area contributed by atoms with Crippen molar-refractivity contribution in [3.05, 3.63) is 71.4 Å². The lowest BCUT2D eigenvalue weighted by Crippen LogP contribution is -2.49. The van der Waals surface area contributed by atoms with Crippen LogP contribution in [0.5, 0.6) is 5.75 Å². The van der Waals surface area contributed by atoms with Crippen LogP contribution in [0.15, 0.2) is 54.6 Å². The van der Waals surface area contributed by atoms with Gasteiger partial charge in [-0.25, -0.2) is 4.79 Å². The fourth-order valence-electron chi connectivity index (χ4n) is 5.60. The molecule has 1 fully saturated rings. The van der Waals surface area contributed by atoms with E-state index in [1.54, 1.807) is 35.2 Å². The molecule has 2 aliphatic heterocycles. The van der Waals surface area contributed by atoms with Gasteiger partial charge in [-0.15, -0.1) is 0 Å². The first-order chi connectivity index (χ1) is 19.4. The molecule has 40 heavy (non-hydrogen) atoms. The van der Waals surface area contributed by atoms with Crippen LogP contribution in [-0.4, -0.2) is 78.2 Å². The zero-order chi connectivity index (χ0) is 28.1. The number of carbonyl (C=O) groups is 3. The smallest absolute Gasteiger partial charge is 0.328 e. The molecule has 1 aromatic heterocycles. The normalized spacial score (nSPS) is 17.6. The molecule has 3 aromatic rings. The number of morpholine rings is 1. The number of para-hydroxylation sites is 1. The second kappa shape index (κ2) is 12.5. The predicted octanol–water partition coefficient (Wildman–Crippen LogP) is 3.43. The maximum Gasteiger partial charge on any atom is 0.328 e. The third-order valence-corrected chi connectivity index (χ3v) is 7.56. The highest BCUT2D eigenvalue weighted by Gasteiger charge is 2.37. The summed E-state index contributed by atoms with van der Waals surface area (Å²) >= 11 is 0. The molecule has 0 spiro atoms. The van der Waals surface area contributed by atoms with Crippen LogP contribution in [0.2, 0.25) is 0 Å². The molecule has 2 aliphatic rings. The number of hydrogen-bond donors (Lipinski definition) is 0. The maximum absolute atomic E-state index is 13.5. The zero-order valence-corrected chi connectivity index (χ0v) is 23.0. The van der Waals surface area contributed by atoms with Crippen molar-refractivity contribution in [2.75, 3.05) is 40.0 Å². The van der Waals surface area contributed by atoms with Gasteiger partial charge in [0.1, 0.15) is 11.8 Å². The summed E-state index contributed by atoms with van der Waals surface area (Å²) < 4.78 is 18.0. The van der Waals surface area contributed by atoms with Gasteiger partial charge in [-0.2, -0.15) is 0 Å². The van der Waals surface area contributed by atoms with Gasteiger partial charge in [0.05, 0.1) is 26.9 Å². The standard InChI is InChI=1S/C31H35N3O6/c1-22(35)40-24-11-8-23(9-12-24)10-13-30(36)34-21-29-26(20-28(34)31(37)38-2)25-6-3-4-7-27(25)33(29)15-5-14-32-16-18-39-19-17-32/h3-4,6-13,28H,5,14-21H2,1-2H3/b13-10-/t28-/m0/s1. The van der Waals surface area contributed by atoms with Gasteiger partial charge in [0.2, 0.25) is 5.91 Å². The molecule has 0 N–H and O–H groups in total. The van der Waals surface area contributed by atoms with Gasteiger partial charge in [0.25, 0.3) is 0 Å². The fourth-order valence-corrected chi connectivity index (χ4v) is 5.60. The Hall–Kier alpha value is -3.95. The van der Waals surface area contributed by atoms with Crippen molar-refractivity contribution in [1.29, 1.82) is 0 Å². The van der Waals surface area contributed by atoms with Crippen LogP contribution in [0, 0.1) is 0 Å². The highest BCUT2D eigenvalue weighted by atomic mass is 16.5. The summed E-state index contributed by atoms with van der Waals surface area (Å²) in [5.41, 5.74) is 4.06. The first-order valence-electron chi connectivity index (χ1n) is 13.7. The van der Waals surface area contributed by atoms with Crippen LogP contribution >= 0.6 is 0 Å². The Balaban J connectivity index is 1.39. The summed E-state index contributed by atoms with van der Waals surface area (Å²) in [6.45, 7) is 6.92. The van der Waals surface area contributed by atoms with Gasteiger partial charge in [0.15, 0.2) is 0 Å². The summed E-state index contributed by atoms with van der Waals surface area (Å²) in [4.78, 5) is 41.6. The van der Waals surface area contributed by atoms with Crippen molar-refractivity contribution >= 4 is 34.8 Å². The molecule has 9 nitrogen and oxygen atoms in total. The number of methoxy groups -OCH3 is 1. The highest BCUT2D eigenvalue weighted by molar-refractivity contribution is 5.96. The van der Waals surface area contributed by atoms with Crippen molar-refractivity contribution in [3.63, 3.8) is 0 Å². The largest absolute Gasteiger partial charge is 0.467 e. The molecule has 0 saturated carbocycles. The number of benzene rings is 2. The van der Waals surface area contributed by atoms with E-state index in [0.717, 1.165) is 73.5 Å². The monoisotopic (exact) mass is 545 g/mol. The Labute approximate surface area is 233 Å². The van der Waals surface area contributed by atoms with Gasteiger partial charge < -0.3 is 23.7 Å². The fraction of sp³-hybridized carbons (Fsp3) is 0.387. The van der Waals surface area contributed by atoms with Crippen LogP contribution in [0.25, 0.3) is 17.0 Å². The predicted molar refractivity (Wildman–Crippen MR) is 151 cm³/mol. The van der Waals surface area contributed by atoms with E-state index in [2.05, 4.69) is 21.6 Å². The lowest BCUT2D eigenvalue weighted by molar-refractivity contribution is -0.152. The molecular weight excluding hydrogens is 510 g/mol. The SMILES string of the molecule is COC(=O)[C@@H]1Cc2c(n(CCCN3CCOCC3)c3ccccc23)CN1C(=O)/C=C\c1ccc(OC(C)=O)cc1. The second-order valence-corrected chi connectivity index (χ2v) is 10.1. The van der Waals surface area contributed by atoms with Crippen molar-refractivity contribution in [3.8, 4) is 5.75 Å². The van der Waals surface area contributed by atoms with E-state index in [4.69, 9.17) is 14.2 Å². The number of amides is 1. The van der Waals surface area contributed by atoms with E-state index < -0.39 is 18.0 Å². The minimum atomic E-state index is -0.714. The number of aromatic nitrogens is 1. The number of nitrogens with zero attached hydrogens (tertiary/aromatic N) is 3. The quantitative estimate of drug-likeness (QED) is 0.243. The van der Waals surface area contributed by atoms with E-state index in [1.807, 2.05) is 12.1 Å². The molecule has 0 aliphatic carbocycles. The molecule has 1 amide bonds. The van der Waals surface area contributed by atoms with Crippen molar-refractivity contribution < 1.29 is 28.6 Å². The van der Waals surface area contributed by atoms with Gasteiger partial charge in [0, 0.05) is 62.2 Å². The summed E-state index contributed by atoms with van der Waals surface area (Å²) in [5.74, 6) is -0.653. The summed E-state index contributed by atoms with van der Waals surface area (Å²) in [7, 11) is 1.36. The topological polar surface area (TPSA) is 90.3 Å². The first-order valence-corrected chi connectivity index (χ1v) is 13.7. The summed E-state index contributed by atoms with van der Waals surface area (Å²) in [6.07, 6.45) is 4.55. The van der Waals surface area contributed by atoms with Gasteiger partial charge in [-0.3, -0.25) is 14.5 Å². The van der Waals surface area contributed by atoms with E-state index >= 15 is 0 Å². The lowest BCUT2D eigenvalue weighted by Gasteiger charge is -2.34. The number of fused-ring (bicyclic) bond motifs is 3. The Kier molecular flexibility index (Phi) is 8.62. The first kappa shape index (κ1) is 27.6. The minimum absolute atomic E-state index is 0.268. The highest BCUT2D eigenvalue weighted by Crippen LogP contribution is 2.34. The Morgan fingerprint density at radius 3 is 2.50 bits per heavy atom. The molecule has 2 aromatic carbocycles. The number of esters is 2. The molecule has 0 radical (unpaired) electrons. The molecule has 5 rings (SSSR count). The summed E-state index contributed by atoms with van der Waals surface area (Å²) in [6, 6.07) is 14.4. The Bertz CT molecular complexity index is 1400. The molecule has 0 bridgehead atoms. The molecule has 210 valence electrons. The van der Waals surface area contributed by atoms with Crippen molar-refractivity contribution in [2.45, 2.75) is 38.9 Å². The minimum Gasteiger partial charge on any atom is -0.467 e. The molecule has 1 atom stereocenters. The van der Waals surface area contributed by atoms with Crippen LogP contribution in [0.1, 0.15) is 30.2 Å². The number of ether oxygens (including phenoxy) is 3. The van der Waals surface area contributed by atoms with Crippen LogP contribution in [0.3, 0.4) is 0 Å². The van der Waals surface area contributed by atoms with E-state index in [0.29, 0.717) is 18.7 Å². The third kappa shape index (κ3) is 6.11. The van der Waals surface area contributed by atoms with Crippen molar-refractivity contribution in [2.24, 2.45) is 0 Å². The van der Waals surface area contributed by atoms with Gasteiger partial charge in [-0.05, 0) is 41.8 Å². The van der Waals surface area contributed by atoms with Crippen molar-refractivity contribution in [1.82, 2.24) is 14.4 Å². The van der Waals surface area contributed by atoms with E-state index in [1.165, 1.54) is 20.1 Å². The van der Waals surface area contributed by atoms with E-state index in [-0.39, 0.29) is 5.91 Å². The molecule has 3 heterocycles. The number of rotatable bonds is 8.